The molecule has 1 aromatic carbocycles. The summed E-state index contributed by atoms with van der Waals surface area (Å²) in [5.74, 6) is 0.172. The minimum atomic E-state index is -3.84. The number of sulfone groups is 1. The van der Waals surface area contributed by atoms with E-state index in [1.54, 1.807) is 36.5 Å². The number of rotatable bonds is 5. The highest BCUT2D eigenvalue weighted by atomic mass is 32.2. The predicted molar refractivity (Wildman–Crippen MR) is 101 cm³/mol. The van der Waals surface area contributed by atoms with Crippen molar-refractivity contribution in [1.82, 2.24) is 4.98 Å². The van der Waals surface area contributed by atoms with Crippen LogP contribution in [0.3, 0.4) is 0 Å². The zero-order valence-corrected chi connectivity index (χ0v) is 16.1. The van der Waals surface area contributed by atoms with Gasteiger partial charge in [-0.3, -0.25) is 0 Å². The monoisotopic (exact) mass is 370 g/mol. The molecule has 26 heavy (non-hydrogen) atoms. The first kappa shape index (κ1) is 19.7. The Balaban J connectivity index is 2.91. The van der Waals surface area contributed by atoms with Gasteiger partial charge in [0.05, 0.1) is 6.07 Å². The molecule has 1 N–H and O–H groups in total. The van der Waals surface area contributed by atoms with Crippen molar-refractivity contribution in [2.24, 2.45) is 0 Å². The second-order valence-electron chi connectivity index (χ2n) is 6.64. The third kappa shape index (κ3) is 3.94. The van der Waals surface area contributed by atoms with E-state index in [1.165, 1.54) is 0 Å². The van der Waals surface area contributed by atoms with Crippen LogP contribution < -0.4 is 0 Å². The minimum absolute atomic E-state index is 0.0357. The van der Waals surface area contributed by atoms with Crippen LogP contribution >= 0.6 is 0 Å². The zero-order valence-electron chi connectivity index (χ0n) is 15.3. The fraction of sp³-hybridized carbons (Fsp3) is 0.300. The lowest BCUT2D eigenvalue weighted by Crippen LogP contribution is -2.11. The van der Waals surface area contributed by atoms with Gasteiger partial charge >= 0.3 is 0 Å². The molecule has 0 spiro atoms. The number of pyridine rings is 1. The van der Waals surface area contributed by atoms with Crippen molar-refractivity contribution in [1.29, 1.82) is 5.26 Å². The summed E-state index contributed by atoms with van der Waals surface area (Å²) < 4.78 is 25.4. The fourth-order valence-corrected chi connectivity index (χ4v) is 4.07. The molecule has 2 aromatic rings. The first-order valence-electron chi connectivity index (χ1n) is 8.32. The number of hydrogen-bond donors (Lipinski definition) is 1. The highest BCUT2D eigenvalue weighted by molar-refractivity contribution is 7.94. The molecule has 1 aromatic heterocycles. The zero-order chi connectivity index (χ0) is 19.5. The SMILES string of the molecule is CC(C)c1cnc(S(=O)(=O)C=CC#N)c(C(C)C)c1-c1ccc(O)cc1. The Morgan fingerprint density at radius 3 is 2.23 bits per heavy atom. The molecule has 0 unspecified atom stereocenters. The van der Waals surface area contributed by atoms with Gasteiger partial charge in [0.1, 0.15) is 5.75 Å². The molecule has 2 rings (SSSR count). The lowest BCUT2D eigenvalue weighted by atomic mass is 9.87. The van der Waals surface area contributed by atoms with Crippen molar-refractivity contribution in [3.63, 3.8) is 0 Å². The van der Waals surface area contributed by atoms with Crippen molar-refractivity contribution in [3.8, 4) is 22.9 Å². The van der Waals surface area contributed by atoms with E-state index in [0.29, 0.717) is 5.56 Å². The van der Waals surface area contributed by atoms with Crippen LogP contribution in [0.15, 0.2) is 47.0 Å². The van der Waals surface area contributed by atoms with Crippen molar-refractivity contribution < 1.29 is 13.5 Å². The highest BCUT2D eigenvalue weighted by Gasteiger charge is 2.26. The molecule has 0 aliphatic heterocycles. The molecule has 0 radical (unpaired) electrons. The number of phenolic OH excluding ortho intramolecular Hbond substituents is 1. The molecule has 0 saturated carbocycles. The van der Waals surface area contributed by atoms with E-state index in [-0.39, 0.29) is 22.6 Å². The van der Waals surface area contributed by atoms with Gasteiger partial charge < -0.3 is 5.11 Å². The van der Waals surface area contributed by atoms with Crippen molar-refractivity contribution in [3.05, 3.63) is 53.1 Å². The highest BCUT2D eigenvalue weighted by Crippen LogP contribution is 2.39. The number of nitrogens with zero attached hydrogens (tertiary/aromatic N) is 2. The van der Waals surface area contributed by atoms with E-state index < -0.39 is 9.84 Å². The Labute approximate surface area is 154 Å². The maximum atomic E-state index is 12.7. The van der Waals surface area contributed by atoms with E-state index in [1.807, 2.05) is 27.7 Å². The minimum Gasteiger partial charge on any atom is -0.508 e. The Morgan fingerprint density at radius 2 is 1.73 bits per heavy atom. The summed E-state index contributed by atoms with van der Waals surface area (Å²) in [5, 5.41) is 19.1. The molecule has 6 heteroatoms. The molecule has 0 amide bonds. The molecule has 0 atom stereocenters. The summed E-state index contributed by atoms with van der Waals surface area (Å²) in [6.45, 7) is 7.87. The standard InChI is InChI=1S/C20H22N2O3S/c1-13(2)17-12-22-20(26(24,25)11-5-10-21)18(14(3)4)19(17)15-6-8-16(23)9-7-15/h5-9,11-14,23H,1-4H3. The molecule has 0 saturated heterocycles. The summed E-state index contributed by atoms with van der Waals surface area (Å²) >= 11 is 0. The number of aromatic hydroxyl groups is 1. The third-order valence-electron chi connectivity index (χ3n) is 4.06. The molecule has 0 bridgehead atoms. The quantitative estimate of drug-likeness (QED) is 0.782. The molecular formula is C20H22N2O3S. The van der Waals surface area contributed by atoms with Gasteiger partial charge in [0.25, 0.3) is 0 Å². The first-order chi connectivity index (χ1) is 12.2. The number of benzene rings is 1. The van der Waals surface area contributed by atoms with Crippen LogP contribution in [0, 0.1) is 11.3 Å². The van der Waals surface area contributed by atoms with Gasteiger partial charge in [0.15, 0.2) is 5.03 Å². The van der Waals surface area contributed by atoms with E-state index >= 15 is 0 Å². The van der Waals surface area contributed by atoms with E-state index in [0.717, 1.165) is 28.2 Å². The average Bonchev–Trinajstić information content (AvgIpc) is 2.59. The number of phenols is 1. The molecular weight excluding hydrogens is 348 g/mol. The first-order valence-corrected chi connectivity index (χ1v) is 9.87. The second-order valence-corrected chi connectivity index (χ2v) is 8.39. The lowest BCUT2D eigenvalue weighted by molar-refractivity contribution is 0.475. The Morgan fingerprint density at radius 1 is 1.12 bits per heavy atom. The summed E-state index contributed by atoms with van der Waals surface area (Å²) in [7, 11) is -3.84. The van der Waals surface area contributed by atoms with Gasteiger partial charge in [-0.15, -0.1) is 0 Å². The van der Waals surface area contributed by atoms with Crippen LogP contribution in [-0.4, -0.2) is 18.5 Å². The van der Waals surface area contributed by atoms with Crippen LogP contribution in [0.1, 0.15) is 50.7 Å². The Kier molecular flexibility index (Phi) is 5.83. The molecule has 136 valence electrons. The number of hydrogen-bond acceptors (Lipinski definition) is 5. The van der Waals surface area contributed by atoms with Crippen molar-refractivity contribution >= 4 is 9.84 Å². The van der Waals surface area contributed by atoms with Crippen LogP contribution in [0.2, 0.25) is 0 Å². The van der Waals surface area contributed by atoms with Gasteiger partial charge in [-0.25, -0.2) is 13.4 Å². The Bertz CT molecular complexity index is 967. The maximum absolute atomic E-state index is 12.7. The smallest absolute Gasteiger partial charge is 0.218 e. The van der Waals surface area contributed by atoms with Gasteiger partial charge in [0, 0.05) is 23.2 Å². The number of aromatic nitrogens is 1. The second kappa shape index (κ2) is 7.71. The lowest BCUT2D eigenvalue weighted by Gasteiger charge is -2.22. The molecule has 0 aliphatic rings. The van der Waals surface area contributed by atoms with Crippen molar-refractivity contribution in [2.45, 2.75) is 44.6 Å². The van der Waals surface area contributed by atoms with Gasteiger partial charge in [-0.1, -0.05) is 39.8 Å². The molecule has 5 nitrogen and oxygen atoms in total. The average molecular weight is 370 g/mol. The third-order valence-corrected chi connectivity index (χ3v) is 5.41. The van der Waals surface area contributed by atoms with Gasteiger partial charge in [-0.2, -0.15) is 5.26 Å². The fourth-order valence-electron chi connectivity index (χ4n) is 2.86. The van der Waals surface area contributed by atoms with Crippen LogP contribution in [-0.2, 0) is 9.84 Å². The maximum Gasteiger partial charge on any atom is 0.218 e. The largest absolute Gasteiger partial charge is 0.508 e. The summed E-state index contributed by atoms with van der Waals surface area (Å²) in [6.07, 6.45) is 2.53. The van der Waals surface area contributed by atoms with E-state index in [2.05, 4.69) is 4.98 Å². The van der Waals surface area contributed by atoms with Crippen molar-refractivity contribution in [2.75, 3.05) is 0 Å². The van der Waals surface area contributed by atoms with Gasteiger partial charge in [0.2, 0.25) is 9.84 Å². The van der Waals surface area contributed by atoms with Crippen LogP contribution in [0.25, 0.3) is 11.1 Å². The van der Waals surface area contributed by atoms with Crippen LogP contribution in [0.5, 0.6) is 5.75 Å². The summed E-state index contributed by atoms with van der Waals surface area (Å²) in [4.78, 5) is 4.25. The van der Waals surface area contributed by atoms with E-state index in [9.17, 15) is 13.5 Å². The Hall–Kier alpha value is -2.65. The summed E-state index contributed by atoms with van der Waals surface area (Å²) in [6, 6.07) is 8.40. The molecule has 0 aliphatic carbocycles. The number of nitriles is 1. The van der Waals surface area contributed by atoms with Gasteiger partial charge in [-0.05, 0) is 40.7 Å². The number of allylic oxidation sites excluding steroid dienone is 1. The molecule has 1 heterocycles. The summed E-state index contributed by atoms with van der Waals surface area (Å²) in [5.41, 5.74) is 3.18. The molecule has 0 fully saturated rings. The van der Waals surface area contributed by atoms with Crippen LogP contribution in [0.4, 0.5) is 0 Å². The normalized spacial score (nSPS) is 12.0. The van der Waals surface area contributed by atoms with E-state index in [4.69, 9.17) is 5.26 Å². The topological polar surface area (TPSA) is 91.0 Å². The predicted octanol–water partition coefficient (Wildman–Crippen LogP) is 4.51.